The van der Waals surface area contributed by atoms with Crippen LogP contribution in [0.1, 0.15) is 43.7 Å². The number of amides is 1. The molecular formula is C47H24N2O2S2. The first kappa shape index (κ1) is 28.3. The van der Waals surface area contributed by atoms with Crippen LogP contribution in [0.25, 0.3) is 71.5 Å². The van der Waals surface area contributed by atoms with Crippen molar-refractivity contribution in [3.8, 4) is 22.3 Å². The topological polar surface area (TPSA) is 41.8 Å². The van der Waals surface area contributed by atoms with E-state index in [1.807, 2.05) is 32.2 Å². The molecule has 1 amide bonds. The number of rotatable bonds is 0. The Morgan fingerprint density at radius 1 is 0.566 bits per heavy atom. The number of carbonyl (C=O) groups excluding carboxylic acids is 1. The summed E-state index contributed by atoms with van der Waals surface area (Å²) in [6.07, 6.45) is 6.09. The molecule has 0 bridgehead atoms. The third kappa shape index (κ3) is 3.10. The van der Waals surface area contributed by atoms with Crippen LogP contribution >= 0.6 is 22.7 Å². The molecule has 0 atom stereocenters. The molecule has 0 fully saturated rings. The van der Waals surface area contributed by atoms with Crippen molar-refractivity contribution in [2.75, 3.05) is 4.90 Å². The van der Waals surface area contributed by atoms with Crippen molar-refractivity contribution in [2.24, 2.45) is 0 Å². The molecule has 246 valence electrons. The molecule has 0 unspecified atom stereocenters. The van der Waals surface area contributed by atoms with Crippen molar-refractivity contribution in [1.82, 2.24) is 4.40 Å². The van der Waals surface area contributed by atoms with Crippen LogP contribution in [-0.2, 0) is 5.41 Å². The van der Waals surface area contributed by atoms with Gasteiger partial charge in [0.15, 0.2) is 0 Å². The van der Waals surface area contributed by atoms with E-state index in [0.29, 0.717) is 0 Å². The third-order valence-electron chi connectivity index (χ3n) is 12.2. The molecule has 1 spiro atoms. The monoisotopic (exact) mass is 712 g/mol. The highest BCUT2D eigenvalue weighted by atomic mass is 32.1. The van der Waals surface area contributed by atoms with E-state index in [2.05, 4.69) is 114 Å². The molecule has 4 aliphatic rings. The Labute approximate surface area is 310 Å². The summed E-state index contributed by atoms with van der Waals surface area (Å²) >= 11 is 3.13. The summed E-state index contributed by atoms with van der Waals surface area (Å²) in [5.41, 5.74) is 15.8. The van der Waals surface area contributed by atoms with Crippen molar-refractivity contribution in [1.29, 1.82) is 0 Å². The van der Waals surface area contributed by atoms with Crippen LogP contribution < -0.4 is 10.5 Å². The Morgan fingerprint density at radius 2 is 1.25 bits per heavy atom. The number of thiophene rings is 2. The standard InChI is InChI=1S/C47H24N2O2S2/c1-24-8-6-15-41-34-21-53-23-36(34)45(50)48(41)42-18-30-31-19-43-32(27-11-7-12-28-33-20-52-22-35(33)46(51)49(43)44(27)28)17-40(31)47(39(30)16-29(24)42)37-13-4-2-9-25(37)26-10-3-5-14-38(26)47/h2-23H,1H2/b8-6-,41-15-. The van der Waals surface area contributed by atoms with Crippen molar-refractivity contribution >= 4 is 83.5 Å². The number of aromatic nitrogens is 1. The zero-order chi connectivity index (χ0) is 34.9. The van der Waals surface area contributed by atoms with Crippen molar-refractivity contribution in [3.63, 3.8) is 0 Å². The van der Waals surface area contributed by atoms with E-state index in [9.17, 15) is 9.59 Å². The van der Waals surface area contributed by atoms with Crippen LogP contribution in [-0.4, -0.2) is 10.3 Å². The Bertz CT molecular complexity index is 3320. The largest absolute Gasteiger partial charge is 0.276 e. The predicted molar refractivity (Wildman–Crippen MR) is 219 cm³/mol. The number of allylic oxidation sites excluding steroid dienone is 4. The van der Waals surface area contributed by atoms with Gasteiger partial charge in [0.2, 0.25) is 0 Å². The molecule has 6 heteroatoms. The smallest absolute Gasteiger partial charge is 0.264 e. The number of pyridine rings is 1. The predicted octanol–water partition coefficient (Wildman–Crippen LogP) is 11.2. The van der Waals surface area contributed by atoms with Gasteiger partial charge in [-0.25, -0.2) is 0 Å². The lowest BCUT2D eigenvalue weighted by molar-refractivity contribution is 0.101. The van der Waals surface area contributed by atoms with E-state index in [-0.39, 0.29) is 11.5 Å². The number of anilines is 1. The molecule has 53 heavy (non-hydrogen) atoms. The summed E-state index contributed by atoms with van der Waals surface area (Å²) in [6, 6.07) is 33.2. The molecule has 6 heterocycles. The fraction of sp³-hybridized carbons (Fsp3) is 0.0213. The first-order chi connectivity index (χ1) is 26.1. The lowest BCUT2D eigenvalue weighted by Crippen LogP contribution is -2.27. The lowest BCUT2D eigenvalue weighted by Gasteiger charge is -2.32. The minimum atomic E-state index is -0.631. The SMILES string of the molecule is C=C1/C=C\C=C2\c3cscc3C(=O)N2c2cc3c(cc21)C1(c2ccccc2-c2ccccc21)c1cc2c4cccc5c6cscc6c(=O)n(c2cc1-3)c54. The van der Waals surface area contributed by atoms with E-state index in [4.69, 9.17) is 0 Å². The third-order valence-corrected chi connectivity index (χ3v) is 13.7. The van der Waals surface area contributed by atoms with Gasteiger partial charge in [0.25, 0.3) is 11.5 Å². The highest BCUT2D eigenvalue weighted by Crippen LogP contribution is 2.64. The molecule has 13 rings (SSSR count). The van der Waals surface area contributed by atoms with E-state index < -0.39 is 5.41 Å². The summed E-state index contributed by atoms with van der Waals surface area (Å²) in [5.74, 6) is -0.0243. The van der Waals surface area contributed by atoms with Crippen molar-refractivity contribution < 1.29 is 4.79 Å². The zero-order valence-corrected chi connectivity index (χ0v) is 29.6. The minimum Gasteiger partial charge on any atom is -0.276 e. The number of nitrogens with zero attached hydrogens (tertiary/aromatic N) is 2. The van der Waals surface area contributed by atoms with Gasteiger partial charge in [0.1, 0.15) is 0 Å². The lowest BCUT2D eigenvalue weighted by atomic mass is 9.70. The van der Waals surface area contributed by atoms with Gasteiger partial charge in [0.05, 0.1) is 38.8 Å². The molecule has 5 aromatic carbocycles. The van der Waals surface area contributed by atoms with E-state index in [1.165, 1.54) is 27.8 Å². The number of hydrogen-bond acceptors (Lipinski definition) is 4. The van der Waals surface area contributed by atoms with Gasteiger partial charge in [-0.05, 0) is 85.8 Å². The fourth-order valence-electron chi connectivity index (χ4n) is 10.1. The summed E-state index contributed by atoms with van der Waals surface area (Å²) in [4.78, 5) is 30.5. The van der Waals surface area contributed by atoms with Crippen LogP contribution in [0.5, 0.6) is 0 Å². The molecule has 0 radical (unpaired) electrons. The molecule has 0 saturated carbocycles. The van der Waals surface area contributed by atoms with Crippen molar-refractivity contribution in [2.45, 2.75) is 5.41 Å². The second kappa shape index (κ2) is 9.36. The molecule has 9 aromatic rings. The average molecular weight is 713 g/mol. The Morgan fingerprint density at radius 3 is 2.06 bits per heavy atom. The van der Waals surface area contributed by atoms with Crippen LogP contribution in [0.4, 0.5) is 5.69 Å². The molecule has 4 nitrogen and oxygen atoms in total. The van der Waals surface area contributed by atoms with Gasteiger partial charge in [-0.3, -0.25) is 18.9 Å². The van der Waals surface area contributed by atoms with Crippen LogP contribution in [0.3, 0.4) is 0 Å². The van der Waals surface area contributed by atoms with E-state index >= 15 is 0 Å². The molecular weight excluding hydrogens is 689 g/mol. The molecule has 2 aliphatic carbocycles. The average Bonchev–Trinajstić information content (AvgIpc) is 4.03. The summed E-state index contributed by atoms with van der Waals surface area (Å²) < 4.78 is 1.94. The maximum atomic E-state index is 14.4. The summed E-state index contributed by atoms with van der Waals surface area (Å²) in [6.45, 7) is 4.55. The normalized spacial score (nSPS) is 17.4. The first-order valence-electron chi connectivity index (χ1n) is 17.7. The Hall–Kier alpha value is -6.34. The Kier molecular flexibility index (Phi) is 4.99. The summed E-state index contributed by atoms with van der Waals surface area (Å²) in [7, 11) is 0. The Balaban J connectivity index is 1.22. The highest BCUT2D eigenvalue weighted by Gasteiger charge is 2.53. The van der Waals surface area contributed by atoms with Crippen LogP contribution in [0.2, 0.25) is 0 Å². The van der Waals surface area contributed by atoms with Crippen LogP contribution in [0, 0.1) is 0 Å². The van der Waals surface area contributed by atoms with Gasteiger partial charge >= 0.3 is 0 Å². The maximum Gasteiger partial charge on any atom is 0.264 e. The van der Waals surface area contributed by atoms with Gasteiger partial charge in [-0.2, -0.15) is 22.7 Å². The fourth-order valence-corrected chi connectivity index (χ4v) is 11.8. The zero-order valence-electron chi connectivity index (χ0n) is 27.9. The van der Waals surface area contributed by atoms with Gasteiger partial charge < -0.3 is 0 Å². The molecule has 0 N–H and O–H groups in total. The second-order valence-electron chi connectivity index (χ2n) is 14.5. The number of para-hydroxylation sites is 1. The van der Waals surface area contributed by atoms with Gasteiger partial charge in [-0.1, -0.05) is 85.5 Å². The summed E-state index contributed by atoms with van der Waals surface area (Å²) in [5, 5.41) is 13.1. The molecule has 2 aliphatic heterocycles. The van der Waals surface area contributed by atoms with Gasteiger partial charge in [-0.15, -0.1) is 0 Å². The van der Waals surface area contributed by atoms with E-state index in [1.54, 1.807) is 22.7 Å². The second-order valence-corrected chi connectivity index (χ2v) is 16.0. The number of hydrogen-bond donors (Lipinski definition) is 0. The maximum absolute atomic E-state index is 14.4. The van der Waals surface area contributed by atoms with Gasteiger partial charge in [0, 0.05) is 48.8 Å². The van der Waals surface area contributed by atoms with Crippen molar-refractivity contribution in [3.05, 3.63) is 187 Å². The number of carbonyl (C=O) groups is 1. The minimum absolute atomic E-state index is 0.00839. The highest BCUT2D eigenvalue weighted by molar-refractivity contribution is 7.09. The van der Waals surface area contributed by atoms with E-state index in [0.717, 1.165) is 88.3 Å². The quantitative estimate of drug-likeness (QED) is 0.157. The number of fused-ring (bicyclic) bond motifs is 20. The number of benzene rings is 5. The molecule has 0 saturated heterocycles. The first-order valence-corrected chi connectivity index (χ1v) is 19.5. The van der Waals surface area contributed by atoms with Crippen LogP contribution in [0.15, 0.2) is 142 Å². The molecule has 4 aromatic heterocycles.